The number of hydrogen-bond acceptors (Lipinski definition) is 7. The van der Waals surface area contributed by atoms with Crippen LogP contribution in [-0.4, -0.2) is 33.0 Å². The predicted octanol–water partition coefficient (Wildman–Crippen LogP) is 5.78. The average molecular weight is 441 g/mol. The molecule has 0 spiro atoms. The van der Waals surface area contributed by atoms with E-state index in [4.69, 9.17) is 4.52 Å². The summed E-state index contributed by atoms with van der Waals surface area (Å²) in [5.41, 5.74) is 4.33. The Labute approximate surface area is 183 Å². The first-order valence-electron chi connectivity index (χ1n) is 9.73. The summed E-state index contributed by atoms with van der Waals surface area (Å²) in [7, 11) is 1.83. The van der Waals surface area contributed by atoms with Crippen LogP contribution in [0.5, 0.6) is 0 Å². The zero-order valence-electron chi connectivity index (χ0n) is 18.2. The number of thiophene rings is 1. The number of hydrogen-bond donors (Lipinski definition) is 0. The Morgan fingerprint density at radius 3 is 2.40 bits per heavy atom. The molecule has 6 nitrogen and oxygen atoms in total. The monoisotopic (exact) mass is 440 g/mol. The molecule has 30 heavy (non-hydrogen) atoms. The van der Waals surface area contributed by atoms with Crippen LogP contribution >= 0.6 is 22.7 Å². The van der Waals surface area contributed by atoms with Gasteiger partial charge in [-0.25, -0.2) is 9.97 Å². The van der Waals surface area contributed by atoms with E-state index in [0.717, 1.165) is 31.7 Å². The molecule has 0 aliphatic carbocycles. The molecule has 0 N–H and O–H groups in total. The number of fused-ring (bicyclic) bond motifs is 1. The van der Waals surface area contributed by atoms with Gasteiger partial charge in [0.15, 0.2) is 0 Å². The SMILES string of the molecule is Cc1cc(-c2cc(C(=O)N(C)C(C)c3sc(C)nc3C)c3c(C)noc3n2)c(C)s1. The molecule has 0 aliphatic heterocycles. The molecule has 4 heterocycles. The molecule has 156 valence electrons. The number of thiazole rings is 1. The normalized spacial score (nSPS) is 12.5. The molecule has 1 atom stereocenters. The van der Waals surface area contributed by atoms with Gasteiger partial charge in [0, 0.05) is 27.2 Å². The van der Waals surface area contributed by atoms with Gasteiger partial charge in [0.1, 0.15) is 0 Å². The molecule has 4 aromatic heterocycles. The summed E-state index contributed by atoms with van der Waals surface area (Å²) in [5.74, 6) is -0.0856. The van der Waals surface area contributed by atoms with Crippen molar-refractivity contribution in [2.45, 2.75) is 47.6 Å². The first-order chi connectivity index (χ1) is 14.2. The summed E-state index contributed by atoms with van der Waals surface area (Å²) in [6.07, 6.45) is 0. The van der Waals surface area contributed by atoms with Crippen LogP contribution < -0.4 is 0 Å². The van der Waals surface area contributed by atoms with E-state index in [1.807, 2.05) is 40.8 Å². The third kappa shape index (κ3) is 3.44. The third-order valence-corrected chi connectivity index (χ3v) is 7.59. The van der Waals surface area contributed by atoms with Crippen LogP contribution in [0.4, 0.5) is 0 Å². The lowest BCUT2D eigenvalue weighted by atomic mass is 10.0. The summed E-state index contributed by atoms with van der Waals surface area (Å²) in [4.78, 5) is 28.0. The lowest BCUT2D eigenvalue weighted by molar-refractivity contribution is 0.0746. The van der Waals surface area contributed by atoms with Crippen molar-refractivity contribution in [1.29, 1.82) is 0 Å². The highest BCUT2D eigenvalue weighted by atomic mass is 32.1. The molecule has 0 fully saturated rings. The number of aryl methyl sites for hydroxylation is 5. The van der Waals surface area contributed by atoms with Gasteiger partial charge in [0.2, 0.25) is 0 Å². The van der Waals surface area contributed by atoms with Crippen LogP contribution in [-0.2, 0) is 0 Å². The standard InChI is InChI=1S/C22H24N4O2S2/c1-10-8-16(14(5)29-10)18-9-17(19-11(2)25-28-21(19)24-18)22(27)26(7)13(4)20-12(3)23-15(6)30-20/h8-9,13H,1-7H3. The van der Waals surface area contributed by atoms with Crippen LogP contribution in [0, 0.1) is 34.6 Å². The van der Waals surface area contributed by atoms with Crippen molar-refractivity contribution in [3.8, 4) is 11.3 Å². The molecule has 4 aromatic rings. The smallest absolute Gasteiger partial charge is 0.259 e. The maximum absolute atomic E-state index is 13.6. The first kappa shape index (κ1) is 20.7. The molecule has 0 aliphatic rings. The zero-order chi connectivity index (χ0) is 21.7. The molecule has 0 bridgehead atoms. The van der Waals surface area contributed by atoms with Gasteiger partial charge in [0.25, 0.3) is 11.6 Å². The van der Waals surface area contributed by atoms with E-state index in [0.29, 0.717) is 22.4 Å². The minimum atomic E-state index is -0.0966. The van der Waals surface area contributed by atoms with E-state index in [1.165, 1.54) is 4.88 Å². The molecule has 8 heteroatoms. The van der Waals surface area contributed by atoms with Crippen molar-refractivity contribution >= 4 is 39.7 Å². The van der Waals surface area contributed by atoms with Crippen molar-refractivity contribution in [2.75, 3.05) is 7.05 Å². The highest BCUT2D eigenvalue weighted by Crippen LogP contribution is 2.35. The quantitative estimate of drug-likeness (QED) is 0.402. The number of carbonyl (C=O) groups is 1. The Morgan fingerprint density at radius 1 is 1.07 bits per heavy atom. The second-order valence-corrected chi connectivity index (χ2v) is 10.3. The fourth-order valence-electron chi connectivity index (χ4n) is 3.76. The van der Waals surface area contributed by atoms with Gasteiger partial charge in [-0.05, 0) is 53.7 Å². The summed E-state index contributed by atoms with van der Waals surface area (Å²) in [6.45, 7) is 12.0. The van der Waals surface area contributed by atoms with Gasteiger partial charge in [-0.2, -0.15) is 0 Å². The van der Waals surface area contributed by atoms with E-state index in [1.54, 1.807) is 27.6 Å². The fraction of sp³-hybridized carbons (Fsp3) is 0.364. The molecule has 1 unspecified atom stereocenters. The van der Waals surface area contributed by atoms with Crippen LogP contribution in [0.2, 0.25) is 0 Å². The number of rotatable bonds is 4. The van der Waals surface area contributed by atoms with Crippen molar-refractivity contribution in [1.82, 2.24) is 20.0 Å². The Kier molecular flexibility index (Phi) is 5.23. The van der Waals surface area contributed by atoms with Crippen molar-refractivity contribution in [2.24, 2.45) is 0 Å². The summed E-state index contributed by atoms with van der Waals surface area (Å²) >= 11 is 3.34. The maximum Gasteiger partial charge on any atom is 0.259 e. The predicted molar refractivity (Wildman–Crippen MR) is 121 cm³/mol. The second kappa shape index (κ2) is 7.59. The Hall–Kier alpha value is -2.58. The number of amides is 1. The van der Waals surface area contributed by atoms with Crippen LogP contribution in [0.1, 0.15) is 54.4 Å². The second-order valence-electron chi connectivity index (χ2n) is 7.60. The molecule has 0 aromatic carbocycles. The number of carbonyl (C=O) groups excluding carboxylic acids is 1. The molecule has 0 saturated carbocycles. The van der Waals surface area contributed by atoms with Gasteiger partial charge in [-0.15, -0.1) is 22.7 Å². The van der Waals surface area contributed by atoms with Gasteiger partial charge in [-0.3, -0.25) is 4.79 Å². The minimum absolute atomic E-state index is 0.0856. The van der Waals surface area contributed by atoms with Crippen LogP contribution in [0.15, 0.2) is 16.7 Å². The molecule has 0 saturated heterocycles. The highest BCUT2D eigenvalue weighted by Gasteiger charge is 2.27. The van der Waals surface area contributed by atoms with E-state index in [9.17, 15) is 4.79 Å². The Balaban J connectivity index is 1.82. The Bertz CT molecular complexity index is 1270. The lowest BCUT2D eigenvalue weighted by Gasteiger charge is -2.25. The summed E-state index contributed by atoms with van der Waals surface area (Å²) in [5, 5.41) is 5.74. The highest BCUT2D eigenvalue weighted by molar-refractivity contribution is 7.12. The van der Waals surface area contributed by atoms with Gasteiger partial charge < -0.3 is 9.42 Å². The molecular weight excluding hydrogens is 416 g/mol. The maximum atomic E-state index is 13.6. The molecule has 4 rings (SSSR count). The van der Waals surface area contributed by atoms with E-state index < -0.39 is 0 Å². The van der Waals surface area contributed by atoms with Gasteiger partial charge in [-0.1, -0.05) is 5.16 Å². The number of aromatic nitrogens is 3. The van der Waals surface area contributed by atoms with Crippen molar-refractivity contribution < 1.29 is 9.32 Å². The lowest BCUT2D eigenvalue weighted by Crippen LogP contribution is -2.30. The van der Waals surface area contributed by atoms with Crippen LogP contribution in [0.25, 0.3) is 22.4 Å². The van der Waals surface area contributed by atoms with Gasteiger partial charge in [0.05, 0.1) is 39.1 Å². The topological polar surface area (TPSA) is 72.1 Å². The van der Waals surface area contributed by atoms with E-state index in [-0.39, 0.29) is 11.9 Å². The third-order valence-electron chi connectivity index (χ3n) is 5.38. The minimum Gasteiger partial charge on any atom is -0.335 e. The number of pyridine rings is 1. The van der Waals surface area contributed by atoms with Gasteiger partial charge >= 0.3 is 0 Å². The van der Waals surface area contributed by atoms with Crippen molar-refractivity contribution in [3.63, 3.8) is 0 Å². The average Bonchev–Trinajstić information content (AvgIpc) is 3.35. The zero-order valence-corrected chi connectivity index (χ0v) is 19.8. The fourth-order valence-corrected chi connectivity index (χ4v) is 5.72. The first-order valence-corrected chi connectivity index (χ1v) is 11.4. The number of nitrogens with zero attached hydrogens (tertiary/aromatic N) is 4. The summed E-state index contributed by atoms with van der Waals surface area (Å²) in [6, 6.07) is 3.87. The molecule has 1 amide bonds. The summed E-state index contributed by atoms with van der Waals surface area (Å²) < 4.78 is 5.46. The van der Waals surface area contributed by atoms with E-state index in [2.05, 4.69) is 35.0 Å². The van der Waals surface area contributed by atoms with Crippen LogP contribution in [0.3, 0.4) is 0 Å². The molecular formula is C22H24N4O2S2. The van der Waals surface area contributed by atoms with E-state index >= 15 is 0 Å². The van der Waals surface area contributed by atoms with Crippen molar-refractivity contribution in [3.05, 3.63) is 48.7 Å². The molecule has 0 radical (unpaired) electrons. The Morgan fingerprint density at radius 2 is 1.80 bits per heavy atom. The largest absolute Gasteiger partial charge is 0.335 e.